The smallest absolute Gasteiger partial charge is 0.490 e. The summed E-state index contributed by atoms with van der Waals surface area (Å²) in [6, 6.07) is 12.5. The highest BCUT2D eigenvalue weighted by atomic mass is 35.5. The molecule has 0 unspecified atom stereocenters. The molecule has 36 heavy (non-hydrogen) atoms. The maximum absolute atomic E-state index is 11.3. The summed E-state index contributed by atoms with van der Waals surface area (Å²) in [6.07, 6.45) is -5.08. The van der Waals surface area contributed by atoms with Crippen LogP contribution in [0.15, 0.2) is 47.0 Å². The molecular formula is C23H22ClF3N4O5. The lowest BCUT2D eigenvalue weighted by atomic mass is 10.00. The van der Waals surface area contributed by atoms with E-state index in [1.54, 1.807) is 30.3 Å². The second-order valence-electron chi connectivity index (χ2n) is 7.67. The number of carbonyl (C=O) groups excluding carboxylic acids is 1. The Kier molecular flexibility index (Phi) is 8.43. The molecule has 0 bridgehead atoms. The fourth-order valence-electron chi connectivity index (χ4n) is 3.38. The van der Waals surface area contributed by atoms with Crippen LogP contribution in [0.1, 0.15) is 6.92 Å². The fourth-order valence-corrected chi connectivity index (χ4v) is 3.61. The highest BCUT2D eigenvalue weighted by Crippen LogP contribution is 2.40. The van der Waals surface area contributed by atoms with Gasteiger partial charge in [0.05, 0.1) is 16.3 Å². The minimum atomic E-state index is -5.08. The van der Waals surface area contributed by atoms with E-state index in [1.165, 1.54) is 6.92 Å². The minimum Gasteiger partial charge on any atom is -0.507 e. The number of phenols is 1. The first-order valence-corrected chi connectivity index (χ1v) is 11.0. The first-order chi connectivity index (χ1) is 17.0. The SMILES string of the molecule is CC(=O)Nc1ccc(-c2cccc(-c3cc(N4CCNCC4)no3)c2O)cc1Cl.O=C(O)C(F)(F)F. The number of rotatable bonds is 4. The number of amides is 1. The quantitative estimate of drug-likeness (QED) is 0.394. The second kappa shape index (κ2) is 11.3. The molecule has 1 amide bonds. The zero-order valence-electron chi connectivity index (χ0n) is 18.9. The topological polar surface area (TPSA) is 128 Å². The van der Waals surface area contributed by atoms with Gasteiger partial charge in [-0.2, -0.15) is 13.2 Å². The van der Waals surface area contributed by atoms with E-state index in [0.29, 0.717) is 27.6 Å². The number of benzene rings is 2. The molecule has 0 saturated carbocycles. The third-order valence-corrected chi connectivity index (χ3v) is 5.39. The van der Waals surface area contributed by atoms with Crippen LogP contribution in [-0.4, -0.2) is 59.6 Å². The van der Waals surface area contributed by atoms with Crippen molar-refractivity contribution in [2.75, 3.05) is 36.4 Å². The lowest BCUT2D eigenvalue weighted by molar-refractivity contribution is -0.192. The maximum Gasteiger partial charge on any atom is 0.490 e. The maximum atomic E-state index is 11.3. The predicted octanol–water partition coefficient (Wildman–Crippen LogP) is 4.37. The van der Waals surface area contributed by atoms with Crippen LogP contribution in [0.4, 0.5) is 24.7 Å². The van der Waals surface area contributed by atoms with Crippen molar-refractivity contribution in [1.82, 2.24) is 10.5 Å². The molecule has 4 N–H and O–H groups in total. The Hall–Kier alpha value is -3.77. The van der Waals surface area contributed by atoms with E-state index < -0.39 is 12.1 Å². The second-order valence-corrected chi connectivity index (χ2v) is 8.07. The van der Waals surface area contributed by atoms with Gasteiger partial charge >= 0.3 is 12.1 Å². The van der Waals surface area contributed by atoms with Crippen LogP contribution in [-0.2, 0) is 9.59 Å². The summed E-state index contributed by atoms with van der Waals surface area (Å²) in [6.45, 7) is 4.94. The van der Waals surface area contributed by atoms with Crippen LogP contribution in [0, 0.1) is 0 Å². The molecular weight excluding hydrogens is 505 g/mol. The van der Waals surface area contributed by atoms with E-state index in [4.69, 9.17) is 26.0 Å². The largest absolute Gasteiger partial charge is 0.507 e. The molecule has 0 aliphatic carbocycles. The average Bonchev–Trinajstić information content (AvgIpc) is 3.31. The van der Waals surface area contributed by atoms with E-state index in [0.717, 1.165) is 37.6 Å². The molecule has 1 fully saturated rings. The van der Waals surface area contributed by atoms with E-state index >= 15 is 0 Å². The van der Waals surface area contributed by atoms with E-state index in [2.05, 4.69) is 20.7 Å². The molecule has 0 spiro atoms. The average molecular weight is 527 g/mol. The van der Waals surface area contributed by atoms with Gasteiger partial charge in [0.2, 0.25) is 5.91 Å². The molecule has 1 aromatic heterocycles. The summed E-state index contributed by atoms with van der Waals surface area (Å²) in [5.41, 5.74) is 2.41. The lowest BCUT2D eigenvalue weighted by Crippen LogP contribution is -2.43. The Morgan fingerprint density at radius 1 is 1.14 bits per heavy atom. The number of anilines is 2. The molecule has 0 atom stereocenters. The molecule has 2 aromatic carbocycles. The number of halogens is 4. The van der Waals surface area contributed by atoms with Gasteiger partial charge in [0.25, 0.3) is 0 Å². The van der Waals surface area contributed by atoms with Crippen molar-refractivity contribution >= 4 is 35.0 Å². The summed E-state index contributed by atoms with van der Waals surface area (Å²) >= 11 is 6.29. The Balaban J connectivity index is 0.000000454. The van der Waals surface area contributed by atoms with E-state index in [-0.39, 0.29) is 11.7 Å². The number of phenolic OH excluding ortho intramolecular Hbond substituents is 1. The number of piperazine rings is 1. The molecule has 3 aromatic rings. The first kappa shape index (κ1) is 26.8. The van der Waals surface area contributed by atoms with E-state index in [1.807, 2.05) is 12.1 Å². The van der Waals surface area contributed by atoms with Crippen molar-refractivity contribution in [1.29, 1.82) is 0 Å². The van der Waals surface area contributed by atoms with Crippen molar-refractivity contribution in [3.8, 4) is 28.2 Å². The summed E-state index contributed by atoms with van der Waals surface area (Å²) in [7, 11) is 0. The number of carboxylic acids is 1. The lowest BCUT2D eigenvalue weighted by Gasteiger charge is -2.26. The summed E-state index contributed by atoms with van der Waals surface area (Å²) in [5, 5.41) is 28.6. The number of aromatic nitrogens is 1. The number of para-hydroxylation sites is 1. The van der Waals surface area contributed by atoms with Gasteiger partial charge in [0.1, 0.15) is 5.75 Å². The number of nitrogens with one attached hydrogen (secondary N) is 2. The number of aromatic hydroxyl groups is 1. The van der Waals surface area contributed by atoms with Gasteiger partial charge in [0.15, 0.2) is 11.6 Å². The van der Waals surface area contributed by atoms with Crippen molar-refractivity contribution in [3.63, 3.8) is 0 Å². The van der Waals surface area contributed by atoms with Crippen molar-refractivity contribution < 1.29 is 37.5 Å². The van der Waals surface area contributed by atoms with Crippen LogP contribution in [0.3, 0.4) is 0 Å². The fraction of sp³-hybridized carbons (Fsp3) is 0.261. The van der Waals surface area contributed by atoms with Gasteiger partial charge in [0, 0.05) is 44.7 Å². The normalized spacial score (nSPS) is 13.5. The zero-order valence-corrected chi connectivity index (χ0v) is 19.7. The van der Waals surface area contributed by atoms with Crippen LogP contribution in [0.5, 0.6) is 5.75 Å². The number of aliphatic carboxylic acids is 1. The molecule has 0 radical (unpaired) electrons. The van der Waals surface area contributed by atoms with Gasteiger partial charge in [-0.15, -0.1) is 0 Å². The van der Waals surface area contributed by atoms with Gasteiger partial charge in [-0.25, -0.2) is 4.79 Å². The standard InChI is InChI=1S/C21H21ClN4O3.C2HF3O2/c1-13(27)24-18-6-5-14(11-17(18)22)15-3-2-4-16(21(15)28)19-12-20(25-29-19)26-9-7-23-8-10-26;3-2(4,5)1(6)7/h2-6,11-12,23,28H,7-10H2,1H3,(H,24,27);(H,6,7). The minimum absolute atomic E-state index is 0.0823. The number of hydrogen-bond donors (Lipinski definition) is 4. The van der Waals surface area contributed by atoms with Gasteiger partial charge in [-0.1, -0.05) is 35.0 Å². The summed E-state index contributed by atoms with van der Waals surface area (Å²) in [4.78, 5) is 22.3. The molecule has 1 aliphatic rings. The van der Waals surface area contributed by atoms with Crippen LogP contribution >= 0.6 is 11.6 Å². The Bertz CT molecular complexity index is 1240. The number of carboxylic acid groups (broad SMARTS) is 1. The molecule has 4 rings (SSSR count). The van der Waals surface area contributed by atoms with Crippen LogP contribution in [0.25, 0.3) is 22.5 Å². The number of hydrogen-bond acceptors (Lipinski definition) is 7. The van der Waals surface area contributed by atoms with Crippen molar-refractivity contribution in [2.45, 2.75) is 13.1 Å². The van der Waals surface area contributed by atoms with Crippen molar-refractivity contribution in [3.05, 3.63) is 47.5 Å². The molecule has 192 valence electrons. The Morgan fingerprint density at radius 3 is 2.36 bits per heavy atom. The van der Waals surface area contributed by atoms with Gasteiger partial charge in [-0.3, -0.25) is 4.79 Å². The van der Waals surface area contributed by atoms with Crippen LogP contribution in [0.2, 0.25) is 5.02 Å². The third kappa shape index (κ3) is 6.67. The highest BCUT2D eigenvalue weighted by Gasteiger charge is 2.38. The number of carbonyl (C=O) groups is 2. The molecule has 9 nitrogen and oxygen atoms in total. The number of alkyl halides is 3. The molecule has 1 aliphatic heterocycles. The van der Waals surface area contributed by atoms with Crippen LogP contribution < -0.4 is 15.5 Å². The zero-order chi connectivity index (χ0) is 26.5. The summed E-state index contributed by atoms with van der Waals surface area (Å²) < 4.78 is 37.3. The van der Waals surface area contributed by atoms with E-state index in [9.17, 15) is 23.1 Å². The number of nitrogens with zero attached hydrogens (tertiary/aromatic N) is 2. The monoisotopic (exact) mass is 526 g/mol. The Morgan fingerprint density at radius 2 is 1.78 bits per heavy atom. The molecule has 13 heteroatoms. The van der Waals surface area contributed by atoms with Crippen molar-refractivity contribution in [2.24, 2.45) is 0 Å². The summed E-state index contributed by atoms with van der Waals surface area (Å²) in [5.74, 6) is -1.62. The van der Waals surface area contributed by atoms with Gasteiger partial charge in [-0.05, 0) is 23.8 Å². The van der Waals surface area contributed by atoms with Gasteiger partial charge < -0.3 is 30.3 Å². The predicted molar refractivity (Wildman–Crippen MR) is 127 cm³/mol. The first-order valence-electron chi connectivity index (χ1n) is 10.6. The highest BCUT2D eigenvalue weighted by molar-refractivity contribution is 6.34. The third-order valence-electron chi connectivity index (χ3n) is 5.07. The molecule has 1 saturated heterocycles. The molecule has 2 heterocycles. The Labute approximate surface area is 208 Å².